The average molecular weight is 376 g/mol. The fourth-order valence-corrected chi connectivity index (χ4v) is 4.72. The monoisotopic (exact) mass is 376 g/mol. The number of carbonyl (C=O) groups excluding carboxylic acids is 1. The molecule has 0 spiro atoms. The molecule has 1 aliphatic heterocycles. The van der Waals surface area contributed by atoms with E-state index in [1.165, 1.54) is 16.4 Å². The molecule has 138 valence electrons. The Bertz CT molecular complexity index is 928. The van der Waals surface area contributed by atoms with Crippen LogP contribution in [-0.4, -0.2) is 26.6 Å². The first-order valence-electron chi connectivity index (χ1n) is 8.50. The zero-order valence-corrected chi connectivity index (χ0v) is 15.4. The van der Waals surface area contributed by atoms with Gasteiger partial charge in [-0.15, -0.1) is 0 Å². The zero-order valence-electron chi connectivity index (χ0n) is 14.5. The number of anilines is 2. The van der Waals surface area contributed by atoms with Crippen molar-refractivity contribution >= 4 is 27.3 Å². The Morgan fingerprint density at radius 3 is 2.69 bits per heavy atom. The van der Waals surface area contributed by atoms with E-state index in [0.29, 0.717) is 30.8 Å². The van der Waals surface area contributed by atoms with E-state index >= 15 is 0 Å². The standard InChI is InChI=1S/C19H21FN2O3S/c1-14-12-17(7-8-18(14)22-10-3-11-26(22,24)25)21-19(23)9-6-15-4-2-5-16(20)13-15/h2,4-5,7-8,12-13H,3,6,9-11H2,1H3,(H,21,23). The highest BCUT2D eigenvalue weighted by molar-refractivity contribution is 7.93. The van der Waals surface area contributed by atoms with Crippen LogP contribution in [0.15, 0.2) is 42.5 Å². The topological polar surface area (TPSA) is 66.5 Å². The molecule has 3 rings (SSSR count). The van der Waals surface area contributed by atoms with E-state index in [9.17, 15) is 17.6 Å². The van der Waals surface area contributed by atoms with Crippen molar-refractivity contribution in [1.29, 1.82) is 0 Å². The number of amides is 1. The van der Waals surface area contributed by atoms with Crippen LogP contribution in [0, 0.1) is 12.7 Å². The molecule has 0 radical (unpaired) electrons. The number of halogens is 1. The summed E-state index contributed by atoms with van der Waals surface area (Å²) in [5.41, 5.74) is 2.83. The van der Waals surface area contributed by atoms with Gasteiger partial charge < -0.3 is 5.32 Å². The predicted molar refractivity (Wildman–Crippen MR) is 100 cm³/mol. The molecule has 0 unspecified atom stereocenters. The second-order valence-corrected chi connectivity index (χ2v) is 8.43. The maximum absolute atomic E-state index is 13.2. The first kappa shape index (κ1) is 18.4. The number of benzene rings is 2. The van der Waals surface area contributed by atoms with Crippen LogP contribution in [0.5, 0.6) is 0 Å². The molecule has 0 atom stereocenters. The van der Waals surface area contributed by atoms with Gasteiger partial charge in [0, 0.05) is 18.7 Å². The molecule has 0 saturated carbocycles. The van der Waals surface area contributed by atoms with Gasteiger partial charge in [-0.25, -0.2) is 12.8 Å². The van der Waals surface area contributed by atoms with Crippen molar-refractivity contribution in [2.24, 2.45) is 0 Å². The minimum Gasteiger partial charge on any atom is -0.326 e. The number of rotatable bonds is 5. The fraction of sp³-hybridized carbons (Fsp3) is 0.316. The summed E-state index contributed by atoms with van der Waals surface area (Å²) in [7, 11) is -3.23. The lowest BCUT2D eigenvalue weighted by atomic mass is 10.1. The van der Waals surface area contributed by atoms with Crippen molar-refractivity contribution in [1.82, 2.24) is 0 Å². The van der Waals surface area contributed by atoms with E-state index in [0.717, 1.165) is 11.1 Å². The minimum atomic E-state index is -3.23. The molecule has 1 heterocycles. The maximum Gasteiger partial charge on any atom is 0.235 e. The Morgan fingerprint density at radius 1 is 1.23 bits per heavy atom. The second-order valence-electron chi connectivity index (χ2n) is 6.42. The van der Waals surface area contributed by atoms with Crippen LogP contribution in [0.2, 0.25) is 0 Å². The lowest BCUT2D eigenvalue weighted by Gasteiger charge is -2.20. The van der Waals surface area contributed by atoms with Gasteiger partial charge in [-0.2, -0.15) is 0 Å². The molecule has 1 aliphatic rings. The molecule has 7 heteroatoms. The van der Waals surface area contributed by atoms with Crippen molar-refractivity contribution < 1.29 is 17.6 Å². The van der Waals surface area contributed by atoms with Crippen LogP contribution in [-0.2, 0) is 21.2 Å². The third-order valence-electron chi connectivity index (χ3n) is 4.38. The number of hydrogen-bond acceptors (Lipinski definition) is 3. The quantitative estimate of drug-likeness (QED) is 0.871. The van der Waals surface area contributed by atoms with Crippen molar-refractivity contribution in [3.05, 3.63) is 59.4 Å². The third kappa shape index (κ3) is 4.22. The summed E-state index contributed by atoms with van der Waals surface area (Å²) in [6, 6.07) is 11.4. The van der Waals surface area contributed by atoms with Crippen LogP contribution in [0.3, 0.4) is 0 Å². The Hall–Kier alpha value is -2.41. The Labute approximate surface area is 152 Å². The SMILES string of the molecule is Cc1cc(NC(=O)CCc2cccc(F)c2)ccc1N1CCCS1(=O)=O. The Kier molecular flexibility index (Phi) is 5.27. The van der Waals surface area contributed by atoms with Crippen LogP contribution >= 0.6 is 0 Å². The summed E-state index contributed by atoms with van der Waals surface area (Å²) < 4.78 is 38.7. The predicted octanol–water partition coefficient (Wildman–Crippen LogP) is 3.25. The minimum absolute atomic E-state index is 0.171. The highest BCUT2D eigenvalue weighted by atomic mass is 32.2. The number of aryl methyl sites for hydroxylation is 2. The largest absolute Gasteiger partial charge is 0.326 e. The summed E-state index contributed by atoms with van der Waals surface area (Å²) in [5.74, 6) is -0.313. The molecule has 26 heavy (non-hydrogen) atoms. The zero-order chi connectivity index (χ0) is 18.7. The molecule has 5 nitrogen and oxygen atoms in total. The number of sulfonamides is 1. The molecule has 0 aromatic heterocycles. The summed E-state index contributed by atoms with van der Waals surface area (Å²) in [5, 5.41) is 2.81. The molecule has 0 bridgehead atoms. The van der Waals surface area contributed by atoms with Gasteiger partial charge in [0.05, 0.1) is 11.4 Å². The lowest BCUT2D eigenvalue weighted by Crippen LogP contribution is -2.25. The summed E-state index contributed by atoms with van der Waals surface area (Å²) in [6.07, 6.45) is 1.32. The number of hydrogen-bond donors (Lipinski definition) is 1. The van der Waals surface area contributed by atoms with E-state index in [-0.39, 0.29) is 23.9 Å². The molecule has 1 amide bonds. The molecule has 1 N–H and O–H groups in total. The summed E-state index contributed by atoms with van der Waals surface area (Å²) >= 11 is 0. The summed E-state index contributed by atoms with van der Waals surface area (Å²) in [6.45, 7) is 2.31. The molecule has 1 saturated heterocycles. The van der Waals surface area contributed by atoms with Crippen molar-refractivity contribution in [3.63, 3.8) is 0 Å². The number of carbonyl (C=O) groups is 1. The van der Waals surface area contributed by atoms with E-state index in [1.807, 2.05) is 6.92 Å². The molecule has 0 aliphatic carbocycles. The Balaban J connectivity index is 1.63. The van der Waals surface area contributed by atoms with E-state index < -0.39 is 10.0 Å². The van der Waals surface area contributed by atoms with Gasteiger partial charge in [-0.05, 0) is 61.2 Å². The van der Waals surface area contributed by atoms with E-state index in [1.54, 1.807) is 30.3 Å². The molecule has 1 fully saturated rings. The van der Waals surface area contributed by atoms with Gasteiger partial charge in [0.1, 0.15) is 5.82 Å². The average Bonchev–Trinajstić information content (AvgIpc) is 2.92. The number of nitrogens with zero attached hydrogens (tertiary/aromatic N) is 1. The highest BCUT2D eigenvalue weighted by Gasteiger charge is 2.29. The normalized spacial score (nSPS) is 15.8. The van der Waals surface area contributed by atoms with Gasteiger partial charge in [-0.3, -0.25) is 9.10 Å². The highest BCUT2D eigenvalue weighted by Crippen LogP contribution is 2.29. The molecular formula is C19H21FN2O3S. The van der Waals surface area contributed by atoms with Gasteiger partial charge in [0.25, 0.3) is 0 Å². The lowest BCUT2D eigenvalue weighted by molar-refractivity contribution is -0.116. The fourth-order valence-electron chi connectivity index (χ4n) is 3.10. The number of nitrogens with one attached hydrogen (secondary N) is 1. The van der Waals surface area contributed by atoms with Gasteiger partial charge >= 0.3 is 0 Å². The first-order valence-corrected chi connectivity index (χ1v) is 10.1. The molecular weight excluding hydrogens is 355 g/mol. The molecule has 2 aromatic carbocycles. The van der Waals surface area contributed by atoms with E-state index in [4.69, 9.17) is 0 Å². The van der Waals surface area contributed by atoms with Crippen molar-refractivity contribution in [2.45, 2.75) is 26.2 Å². The van der Waals surface area contributed by atoms with Crippen molar-refractivity contribution in [2.75, 3.05) is 21.9 Å². The van der Waals surface area contributed by atoms with Crippen LogP contribution < -0.4 is 9.62 Å². The van der Waals surface area contributed by atoms with Crippen LogP contribution in [0.4, 0.5) is 15.8 Å². The van der Waals surface area contributed by atoms with Crippen LogP contribution in [0.25, 0.3) is 0 Å². The Morgan fingerprint density at radius 2 is 2.04 bits per heavy atom. The van der Waals surface area contributed by atoms with Gasteiger partial charge in [0.2, 0.25) is 15.9 Å². The van der Waals surface area contributed by atoms with Gasteiger partial charge in [-0.1, -0.05) is 12.1 Å². The van der Waals surface area contributed by atoms with Crippen LogP contribution in [0.1, 0.15) is 24.0 Å². The van der Waals surface area contributed by atoms with E-state index in [2.05, 4.69) is 5.32 Å². The van der Waals surface area contributed by atoms with Gasteiger partial charge in [0.15, 0.2) is 0 Å². The second kappa shape index (κ2) is 7.45. The smallest absolute Gasteiger partial charge is 0.235 e. The molecule has 2 aromatic rings. The third-order valence-corrected chi connectivity index (χ3v) is 6.23. The maximum atomic E-state index is 13.2. The van der Waals surface area contributed by atoms with Crippen molar-refractivity contribution in [3.8, 4) is 0 Å². The first-order chi connectivity index (χ1) is 12.3. The summed E-state index contributed by atoms with van der Waals surface area (Å²) in [4.78, 5) is 12.1.